The van der Waals surface area contributed by atoms with Crippen molar-refractivity contribution in [1.29, 1.82) is 0 Å². The molecule has 114 valence electrons. The maximum atomic E-state index is 12.2. The van der Waals surface area contributed by atoms with Crippen LogP contribution in [0.4, 0.5) is 5.69 Å². The van der Waals surface area contributed by atoms with Crippen molar-refractivity contribution in [2.75, 3.05) is 4.90 Å². The Kier molecular flexibility index (Phi) is 3.87. The van der Waals surface area contributed by atoms with Crippen LogP contribution in [0.1, 0.15) is 22.0 Å². The van der Waals surface area contributed by atoms with E-state index in [4.69, 9.17) is 0 Å². The highest BCUT2D eigenvalue weighted by Crippen LogP contribution is 2.24. The van der Waals surface area contributed by atoms with Gasteiger partial charge in [0.2, 0.25) is 0 Å². The Morgan fingerprint density at radius 2 is 1.43 bits per heavy atom. The Hall–Kier alpha value is -3.05. The minimum absolute atomic E-state index is 0.396. The SMILES string of the molecule is O=C(c1ccccc1)C(O)c1ccc(N2C(=O)C=CC2=O)cc1. The molecule has 5 heteroatoms. The van der Waals surface area contributed by atoms with Crippen molar-refractivity contribution < 1.29 is 19.5 Å². The van der Waals surface area contributed by atoms with Crippen molar-refractivity contribution in [2.45, 2.75) is 6.10 Å². The van der Waals surface area contributed by atoms with E-state index in [0.717, 1.165) is 4.90 Å². The summed E-state index contributed by atoms with van der Waals surface area (Å²) in [4.78, 5) is 36.5. The maximum Gasteiger partial charge on any atom is 0.258 e. The van der Waals surface area contributed by atoms with Gasteiger partial charge in [0.15, 0.2) is 5.78 Å². The number of benzene rings is 2. The summed E-state index contributed by atoms with van der Waals surface area (Å²) >= 11 is 0. The Labute approximate surface area is 132 Å². The van der Waals surface area contributed by atoms with Crippen molar-refractivity contribution in [1.82, 2.24) is 0 Å². The van der Waals surface area contributed by atoms with E-state index in [1.54, 1.807) is 30.3 Å². The molecule has 0 aromatic heterocycles. The van der Waals surface area contributed by atoms with Crippen molar-refractivity contribution in [2.24, 2.45) is 0 Å². The summed E-state index contributed by atoms with van der Waals surface area (Å²) < 4.78 is 0. The molecule has 0 saturated carbocycles. The van der Waals surface area contributed by atoms with E-state index in [-0.39, 0.29) is 0 Å². The molecular formula is C18H13NO4. The number of imide groups is 1. The Bertz CT molecular complexity index is 776. The first-order valence-electron chi connectivity index (χ1n) is 7.01. The van der Waals surface area contributed by atoms with Gasteiger partial charge in [0.05, 0.1) is 5.69 Å². The molecule has 0 saturated heterocycles. The van der Waals surface area contributed by atoms with E-state index in [9.17, 15) is 19.5 Å². The molecule has 0 fully saturated rings. The fourth-order valence-electron chi connectivity index (χ4n) is 2.37. The first kappa shape index (κ1) is 14.9. The number of aliphatic hydroxyl groups excluding tert-OH is 1. The summed E-state index contributed by atoms with van der Waals surface area (Å²) in [5.74, 6) is -1.24. The summed E-state index contributed by atoms with van der Waals surface area (Å²) in [6, 6.07) is 14.6. The van der Waals surface area contributed by atoms with Gasteiger partial charge >= 0.3 is 0 Å². The molecule has 1 atom stereocenters. The van der Waals surface area contributed by atoms with E-state index in [0.29, 0.717) is 16.8 Å². The van der Waals surface area contributed by atoms with E-state index in [1.165, 1.54) is 36.4 Å². The third-order valence-electron chi connectivity index (χ3n) is 3.58. The molecule has 23 heavy (non-hydrogen) atoms. The normalized spacial score (nSPS) is 15.1. The van der Waals surface area contributed by atoms with Gasteiger partial charge in [0, 0.05) is 17.7 Å². The van der Waals surface area contributed by atoms with Gasteiger partial charge in [-0.05, 0) is 17.7 Å². The van der Waals surface area contributed by atoms with E-state index in [1.807, 2.05) is 0 Å². The van der Waals surface area contributed by atoms with Crippen LogP contribution in [0.5, 0.6) is 0 Å². The highest BCUT2D eigenvalue weighted by Gasteiger charge is 2.25. The average Bonchev–Trinajstić information content (AvgIpc) is 2.93. The topological polar surface area (TPSA) is 74.7 Å². The van der Waals surface area contributed by atoms with Gasteiger partial charge in [-0.1, -0.05) is 42.5 Å². The third kappa shape index (κ3) is 2.82. The highest BCUT2D eigenvalue weighted by molar-refractivity contribution is 6.28. The third-order valence-corrected chi connectivity index (χ3v) is 3.58. The fraction of sp³-hybridized carbons (Fsp3) is 0.0556. The van der Waals surface area contributed by atoms with Gasteiger partial charge < -0.3 is 5.11 Å². The molecule has 0 spiro atoms. The molecule has 0 aliphatic carbocycles. The second-order valence-corrected chi connectivity index (χ2v) is 5.07. The Morgan fingerprint density at radius 1 is 0.870 bits per heavy atom. The van der Waals surface area contributed by atoms with Crippen LogP contribution in [0.25, 0.3) is 0 Å². The second kappa shape index (κ2) is 5.98. The zero-order chi connectivity index (χ0) is 16.4. The summed E-state index contributed by atoms with van der Waals surface area (Å²) in [6.45, 7) is 0. The van der Waals surface area contributed by atoms with Crippen LogP contribution in [0.15, 0.2) is 66.7 Å². The summed E-state index contributed by atoms with van der Waals surface area (Å²) in [5.41, 5.74) is 1.21. The number of Topliss-reactive ketones (excluding diaryl/α,β-unsaturated/α-hetero) is 1. The number of aliphatic hydroxyl groups is 1. The first-order chi connectivity index (χ1) is 11.1. The molecule has 1 unspecified atom stereocenters. The lowest BCUT2D eigenvalue weighted by Gasteiger charge is -2.15. The zero-order valence-corrected chi connectivity index (χ0v) is 12.0. The highest BCUT2D eigenvalue weighted by atomic mass is 16.3. The lowest BCUT2D eigenvalue weighted by atomic mass is 10.00. The van der Waals surface area contributed by atoms with Crippen molar-refractivity contribution >= 4 is 23.3 Å². The minimum atomic E-state index is -1.30. The maximum absolute atomic E-state index is 12.2. The van der Waals surface area contributed by atoms with Crippen LogP contribution < -0.4 is 4.90 Å². The monoisotopic (exact) mass is 307 g/mol. The van der Waals surface area contributed by atoms with Gasteiger partial charge in [-0.15, -0.1) is 0 Å². The molecule has 1 aliphatic rings. The predicted octanol–water partition coefficient (Wildman–Crippen LogP) is 2.03. The number of anilines is 1. The standard InChI is InChI=1S/C18H13NO4/c20-15-10-11-16(21)19(15)14-8-6-13(7-9-14)18(23)17(22)12-4-2-1-3-5-12/h1-11,18,23H. The van der Waals surface area contributed by atoms with Gasteiger partial charge in [-0.3, -0.25) is 14.4 Å². The number of hydrogen-bond acceptors (Lipinski definition) is 4. The van der Waals surface area contributed by atoms with Crippen LogP contribution in [0.2, 0.25) is 0 Å². The zero-order valence-electron chi connectivity index (χ0n) is 12.0. The number of nitrogens with zero attached hydrogens (tertiary/aromatic N) is 1. The van der Waals surface area contributed by atoms with Gasteiger partial charge in [-0.2, -0.15) is 0 Å². The molecule has 5 nitrogen and oxygen atoms in total. The van der Waals surface area contributed by atoms with Crippen molar-refractivity contribution in [3.8, 4) is 0 Å². The van der Waals surface area contributed by atoms with Crippen LogP contribution in [0.3, 0.4) is 0 Å². The van der Waals surface area contributed by atoms with Gasteiger partial charge in [0.1, 0.15) is 6.10 Å². The van der Waals surface area contributed by atoms with Crippen LogP contribution in [-0.2, 0) is 9.59 Å². The lowest BCUT2D eigenvalue weighted by Crippen LogP contribution is -2.29. The number of hydrogen-bond donors (Lipinski definition) is 1. The Balaban J connectivity index is 1.81. The van der Waals surface area contributed by atoms with Crippen LogP contribution >= 0.6 is 0 Å². The Morgan fingerprint density at radius 3 is 2.00 bits per heavy atom. The second-order valence-electron chi connectivity index (χ2n) is 5.07. The first-order valence-corrected chi connectivity index (χ1v) is 7.01. The summed E-state index contributed by atoms with van der Waals surface area (Å²) in [7, 11) is 0. The number of carbonyl (C=O) groups is 3. The quantitative estimate of drug-likeness (QED) is 0.693. The number of rotatable bonds is 4. The van der Waals surface area contributed by atoms with E-state index >= 15 is 0 Å². The van der Waals surface area contributed by atoms with Gasteiger partial charge in [0.25, 0.3) is 11.8 Å². The molecule has 1 N–H and O–H groups in total. The summed E-state index contributed by atoms with van der Waals surface area (Å²) in [6.07, 6.45) is 1.10. The van der Waals surface area contributed by atoms with E-state index in [2.05, 4.69) is 0 Å². The molecule has 2 aromatic rings. The van der Waals surface area contributed by atoms with E-state index < -0.39 is 23.7 Å². The number of carbonyl (C=O) groups excluding carboxylic acids is 3. The van der Waals surface area contributed by atoms with Crippen LogP contribution in [-0.4, -0.2) is 22.7 Å². The van der Waals surface area contributed by atoms with Crippen LogP contribution in [0, 0.1) is 0 Å². The molecule has 2 aromatic carbocycles. The molecule has 2 amide bonds. The lowest BCUT2D eigenvalue weighted by molar-refractivity contribution is -0.119. The molecule has 1 heterocycles. The van der Waals surface area contributed by atoms with Gasteiger partial charge in [-0.25, -0.2) is 4.90 Å². The number of amides is 2. The largest absolute Gasteiger partial charge is 0.380 e. The molecule has 3 rings (SSSR count). The predicted molar refractivity (Wildman–Crippen MR) is 83.8 cm³/mol. The fourth-order valence-corrected chi connectivity index (χ4v) is 2.37. The number of ketones is 1. The van der Waals surface area contributed by atoms with Crippen molar-refractivity contribution in [3.05, 3.63) is 77.9 Å². The average molecular weight is 307 g/mol. The molecule has 0 bridgehead atoms. The van der Waals surface area contributed by atoms with Crippen molar-refractivity contribution in [3.63, 3.8) is 0 Å². The molecule has 1 aliphatic heterocycles. The molecular weight excluding hydrogens is 294 g/mol. The smallest absolute Gasteiger partial charge is 0.258 e. The summed E-state index contributed by atoms with van der Waals surface area (Å²) in [5, 5.41) is 10.2. The minimum Gasteiger partial charge on any atom is -0.380 e. The molecule has 0 radical (unpaired) electrons.